The minimum atomic E-state index is 0.915. The molecule has 0 amide bonds. The summed E-state index contributed by atoms with van der Waals surface area (Å²) in [6, 6.07) is 24.1. The van der Waals surface area contributed by atoms with Gasteiger partial charge in [0.15, 0.2) is 0 Å². The second kappa shape index (κ2) is 6.55. The maximum absolute atomic E-state index is 4.54. The Morgan fingerprint density at radius 1 is 0.815 bits per heavy atom. The Kier molecular flexibility index (Phi) is 3.90. The summed E-state index contributed by atoms with van der Waals surface area (Å²) in [4.78, 5) is 4.54. The molecular formula is C25H22N2. The Balaban J connectivity index is 1.63. The maximum atomic E-state index is 4.54. The molecule has 5 rings (SSSR count). The molecule has 0 radical (unpaired) electrons. The number of aromatic nitrogens is 1. The molecule has 2 heteroatoms. The number of nitrogens with one attached hydrogen (secondary N) is 1. The monoisotopic (exact) mass is 350 g/mol. The van der Waals surface area contributed by atoms with Gasteiger partial charge >= 0.3 is 0 Å². The lowest BCUT2D eigenvalue weighted by Crippen LogP contribution is -1.97. The summed E-state index contributed by atoms with van der Waals surface area (Å²) in [5.41, 5.74) is 2.45. The van der Waals surface area contributed by atoms with Gasteiger partial charge in [-0.2, -0.15) is 0 Å². The Hall–Kier alpha value is -3.13. The molecule has 0 aliphatic heterocycles. The molecule has 1 heterocycles. The van der Waals surface area contributed by atoms with Gasteiger partial charge in [-0.3, -0.25) is 0 Å². The molecule has 5 aromatic rings. The Morgan fingerprint density at radius 2 is 1.56 bits per heavy atom. The summed E-state index contributed by atoms with van der Waals surface area (Å²) in [5, 5.41) is 11.4. The van der Waals surface area contributed by atoms with Crippen molar-refractivity contribution < 1.29 is 0 Å². The lowest BCUT2D eigenvalue weighted by Gasteiger charge is -2.15. The highest BCUT2D eigenvalue weighted by molar-refractivity contribution is 6.25. The molecule has 0 bridgehead atoms. The van der Waals surface area contributed by atoms with Crippen molar-refractivity contribution in [1.29, 1.82) is 0 Å². The molecule has 132 valence electrons. The van der Waals surface area contributed by atoms with Crippen LogP contribution >= 0.6 is 0 Å². The van der Waals surface area contributed by atoms with Crippen LogP contribution in [-0.2, 0) is 6.42 Å². The third kappa shape index (κ3) is 2.78. The molecule has 2 nitrogen and oxygen atoms in total. The van der Waals surface area contributed by atoms with Gasteiger partial charge in [0.05, 0.1) is 0 Å². The molecular weight excluding hydrogens is 328 g/mol. The highest BCUT2D eigenvalue weighted by Gasteiger charge is 2.11. The van der Waals surface area contributed by atoms with E-state index in [0.717, 1.165) is 17.9 Å². The summed E-state index contributed by atoms with van der Waals surface area (Å²) >= 11 is 0. The predicted octanol–water partition coefficient (Wildman–Crippen LogP) is 7.07. The number of nitrogens with zero attached hydrogens (tertiary/aromatic N) is 1. The smallest absolute Gasteiger partial charge is 0.130 e. The summed E-state index contributed by atoms with van der Waals surface area (Å²) in [6.07, 6.45) is 5.43. The van der Waals surface area contributed by atoms with Crippen LogP contribution in [0.5, 0.6) is 0 Å². The van der Waals surface area contributed by atoms with E-state index < -0.39 is 0 Å². The fourth-order valence-electron chi connectivity index (χ4n) is 4.06. The van der Waals surface area contributed by atoms with Gasteiger partial charge < -0.3 is 5.32 Å². The van der Waals surface area contributed by atoms with Crippen molar-refractivity contribution in [3.8, 4) is 0 Å². The van der Waals surface area contributed by atoms with E-state index in [1.165, 1.54) is 50.7 Å². The minimum Gasteiger partial charge on any atom is -0.340 e. The number of unbranched alkanes of at least 4 members (excludes halogenated alkanes) is 1. The van der Waals surface area contributed by atoms with Gasteiger partial charge in [-0.1, -0.05) is 61.9 Å². The highest BCUT2D eigenvalue weighted by Crippen LogP contribution is 2.38. The van der Waals surface area contributed by atoms with Crippen LogP contribution in [-0.4, -0.2) is 4.98 Å². The van der Waals surface area contributed by atoms with Crippen molar-refractivity contribution in [2.45, 2.75) is 26.2 Å². The van der Waals surface area contributed by atoms with E-state index in [9.17, 15) is 0 Å². The first-order chi connectivity index (χ1) is 13.3. The minimum absolute atomic E-state index is 0.915. The van der Waals surface area contributed by atoms with Crippen LogP contribution in [0.15, 0.2) is 72.9 Å². The molecule has 1 N–H and O–H groups in total. The van der Waals surface area contributed by atoms with Gasteiger partial charge in [0.2, 0.25) is 0 Å². The lowest BCUT2D eigenvalue weighted by atomic mass is 9.93. The van der Waals surface area contributed by atoms with Gasteiger partial charge in [0.1, 0.15) is 5.82 Å². The van der Waals surface area contributed by atoms with Crippen LogP contribution < -0.4 is 5.32 Å². The van der Waals surface area contributed by atoms with E-state index in [1.807, 2.05) is 6.20 Å². The molecule has 0 aliphatic carbocycles. The van der Waals surface area contributed by atoms with Crippen molar-refractivity contribution in [3.63, 3.8) is 0 Å². The summed E-state index contributed by atoms with van der Waals surface area (Å²) in [5.74, 6) is 0.915. The Morgan fingerprint density at radius 3 is 2.37 bits per heavy atom. The third-order valence-electron chi connectivity index (χ3n) is 5.43. The van der Waals surface area contributed by atoms with Crippen molar-refractivity contribution in [2.75, 3.05) is 5.32 Å². The number of anilines is 2. The van der Waals surface area contributed by atoms with E-state index in [2.05, 4.69) is 84.0 Å². The molecule has 0 aliphatic rings. The third-order valence-corrected chi connectivity index (χ3v) is 5.43. The number of hydrogen-bond acceptors (Lipinski definition) is 2. The van der Waals surface area contributed by atoms with Crippen molar-refractivity contribution in [3.05, 3.63) is 78.5 Å². The SMILES string of the molecule is CCCCc1ccnc(Nc2ccc3ccc4cccc5ccc2c3c45)c1. The van der Waals surface area contributed by atoms with Gasteiger partial charge in [-0.25, -0.2) is 4.98 Å². The maximum Gasteiger partial charge on any atom is 0.130 e. The van der Waals surface area contributed by atoms with Crippen molar-refractivity contribution in [1.82, 2.24) is 4.98 Å². The van der Waals surface area contributed by atoms with Gasteiger partial charge in [-0.05, 0) is 63.5 Å². The molecule has 27 heavy (non-hydrogen) atoms. The molecule has 0 atom stereocenters. The van der Waals surface area contributed by atoms with Crippen LogP contribution in [0.4, 0.5) is 11.5 Å². The average molecular weight is 350 g/mol. The second-order valence-electron chi connectivity index (χ2n) is 7.25. The van der Waals surface area contributed by atoms with E-state index in [-0.39, 0.29) is 0 Å². The standard InChI is InChI=1S/C25H22N2/c1-2-3-5-17-14-15-26-23(16-17)27-22-13-11-20-9-8-18-6-4-7-19-10-12-21(22)25(20)24(18)19/h4,6-16H,2-3,5H2,1H3,(H,26,27). The average Bonchev–Trinajstić information content (AvgIpc) is 2.72. The number of aryl methyl sites for hydroxylation is 1. The van der Waals surface area contributed by atoms with E-state index in [1.54, 1.807) is 0 Å². The first kappa shape index (κ1) is 16.1. The molecule has 0 fully saturated rings. The van der Waals surface area contributed by atoms with Crippen LogP contribution in [0.3, 0.4) is 0 Å². The van der Waals surface area contributed by atoms with Gasteiger partial charge in [0.25, 0.3) is 0 Å². The quantitative estimate of drug-likeness (QED) is 0.343. The fourth-order valence-corrected chi connectivity index (χ4v) is 4.06. The van der Waals surface area contributed by atoms with E-state index in [0.29, 0.717) is 0 Å². The summed E-state index contributed by atoms with van der Waals surface area (Å²) in [6.45, 7) is 2.23. The largest absolute Gasteiger partial charge is 0.340 e. The van der Waals surface area contributed by atoms with Crippen molar-refractivity contribution in [2.24, 2.45) is 0 Å². The second-order valence-corrected chi connectivity index (χ2v) is 7.25. The van der Waals surface area contributed by atoms with Crippen LogP contribution in [0, 0.1) is 0 Å². The Labute approximate surface area is 159 Å². The highest BCUT2D eigenvalue weighted by atomic mass is 15.0. The van der Waals surface area contributed by atoms with E-state index in [4.69, 9.17) is 0 Å². The van der Waals surface area contributed by atoms with Gasteiger partial charge in [0, 0.05) is 17.3 Å². The first-order valence-corrected chi connectivity index (χ1v) is 9.72. The van der Waals surface area contributed by atoms with Crippen molar-refractivity contribution >= 4 is 43.8 Å². The molecule has 4 aromatic carbocycles. The lowest BCUT2D eigenvalue weighted by molar-refractivity contribution is 0.794. The summed E-state index contributed by atoms with van der Waals surface area (Å²) in [7, 11) is 0. The molecule has 0 saturated carbocycles. The summed E-state index contributed by atoms with van der Waals surface area (Å²) < 4.78 is 0. The Bertz CT molecular complexity index is 1220. The number of hydrogen-bond donors (Lipinski definition) is 1. The zero-order valence-electron chi connectivity index (χ0n) is 15.5. The normalized spacial score (nSPS) is 11.6. The molecule has 0 unspecified atom stereocenters. The van der Waals surface area contributed by atoms with Crippen LogP contribution in [0.1, 0.15) is 25.3 Å². The van der Waals surface area contributed by atoms with Crippen LogP contribution in [0.25, 0.3) is 32.3 Å². The van der Waals surface area contributed by atoms with E-state index >= 15 is 0 Å². The number of rotatable bonds is 5. The zero-order chi connectivity index (χ0) is 18.2. The number of benzene rings is 4. The predicted molar refractivity (Wildman–Crippen MR) is 116 cm³/mol. The topological polar surface area (TPSA) is 24.9 Å². The van der Waals surface area contributed by atoms with Gasteiger partial charge in [-0.15, -0.1) is 0 Å². The molecule has 0 spiro atoms. The van der Waals surface area contributed by atoms with Crippen LogP contribution in [0.2, 0.25) is 0 Å². The molecule has 1 aromatic heterocycles. The number of pyridine rings is 1. The zero-order valence-corrected chi connectivity index (χ0v) is 15.5. The fraction of sp³-hybridized carbons (Fsp3) is 0.160. The first-order valence-electron chi connectivity index (χ1n) is 9.72. The molecule has 0 saturated heterocycles.